The Morgan fingerprint density at radius 2 is 2.07 bits per heavy atom. The topological polar surface area (TPSA) is 20.3 Å². The molecule has 1 fully saturated rings. The van der Waals surface area contributed by atoms with E-state index in [9.17, 15) is 4.79 Å². The van der Waals surface area contributed by atoms with Crippen LogP contribution in [0.15, 0.2) is 0 Å². The van der Waals surface area contributed by atoms with Crippen LogP contribution in [0.2, 0.25) is 0 Å². The molecule has 82 valence electrons. The number of carbonyl (C=O) groups excluding carboxylic acids is 1. The van der Waals surface area contributed by atoms with Crippen LogP contribution in [-0.2, 0) is 4.79 Å². The number of amides is 1. The first-order valence-corrected chi connectivity index (χ1v) is 6.36. The average molecular weight is 262 g/mol. The second-order valence-electron chi connectivity index (χ2n) is 4.97. The van der Waals surface area contributed by atoms with Gasteiger partial charge in [-0.2, -0.15) is 0 Å². The summed E-state index contributed by atoms with van der Waals surface area (Å²) in [5.74, 6) is 1.14. The van der Waals surface area contributed by atoms with Crippen molar-refractivity contribution in [2.24, 2.45) is 11.8 Å². The molecular weight excluding hydrogens is 242 g/mol. The summed E-state index contributed by atoms with van der Waals surface area (Å²) in [4.78, 5) is 13.9. The van der Waals surface area contributed by atoms with Gasteiger partial charge >= 0.3 is 0 Å². The molecule has 0 N–H and O–H groups in total. The molecule has 1 atom stereocenters. The van der Waals surface area contributed by atoms with Crippen molar-refractivity contribution in [3.63, 3.8) is 0 Å². The Hall–Kier alpha value is -0.0500. The van der Waals surface area contributed by atoms with E-state index in [0.29, 0.717) is 5.92 Å². The summed E-state index contributed by atoms with van der Waals surface area (Å²) in [6.07, 6.45) is 2.46. The van der Waals surface area contributed by atoms with Crippen LogP contribution in [0.4, 0.5) is 0 Å². The molecule has 0 heterocycles. The molecule has 3 heteroatoms. The lowest BCUT2D eigenvalue weighted by atomic mass is 10.0. The largest absolute Gasteiger partial charge is 0.340 e. The van der Waals surface area contributed by atoms with Crippen molar-refractivity contribution in [2.45, 2.75) is 39.2 Å². The number of alkyl halides is 1. The molecule has 1 unspecified atom stereocenters. The number of nitrogens with zero attached hydrogens (tertiary/aromatic N) is 1. The van der Waals surface area contributed by atoms with Gasteiger partial charge in [0.05, 0.1) is 0 Å². The first-order valence-electron chi connectivity index (χ1n) is 5.24. The summed E-state index contributed by atoms with van der Waals surface area (Å²) < 4.78 is 0. The van der Waals surface area contributed by atoms with Crippen molar-refractivity contribution < 1.29 is 4.79 Å². The molecule has 0 bridgehead atoms. The van der Waals surface area contributed by atoms with Crippen molar-refractivity contribution in [3.05, 3.63) is 0 Å². The van der Waals surface area contributed by atoms with Crippen LogP contribution in [0.1, 0.15) is 33.6 Å². The maximum Gasteiger partial charge on any atom is 0.225 e. The summed E-state index contributed by atoms with van der Waals surface area (Å²) in [5.41, 5.74) is -0.0831. The monoisotopic (exact) mass is 261 g/mol. The maximum absolute atomic E-state index is 12.0. The van der Waals surface area contributed by atoms with Gasteiger partial charge in [-0.25, -0.2) is 0 Å². The minimum Gasteiger partial charge on any atom is -0.340 e. The molecule has 0 aromatic heterocycles. The van der Waals surface area contributed by atoms with E-state index >= 15 is 0 Å². The molecule has 2 nitrogen and oxygen atoms in total. The predicted octanol–water partition coefficient (Wildman–Crippen LogP) is 2.66. The second-order valence-corrected chi connectivity index (χ2v) is 5.53. The summed E-state index contributed by atoms with van der Waals surface area (Å²) in [6.45, 7) is 6.22. The summed E-state index contributed by atoms with van der Waals surface area (Å²) in [6, 6.07) is 0. The van der Waals surface area contributed by atoms with E-state index < -0.39 is 0 Å². The van der Waals surface area contributed by atoms with Crippen LogP contribution in [0, 0.1) is 11.8 Å². The Bertz CT molecular complexity index is 223. The van der Waals surface area contributed by atoms with Gasteiger partial charge in [0.2, 0.25) is 5.91 Å². The first-order chi connectivity index (χ1) is 6.40. The quantitative estimate of drug-likeness (QED) is 0.713. The van der Waals surface area contributed by atoms with Crippen molar-refractivity contribution in [3.8, 4) is 0 Å². The third-order valence-corrected chi connectivity index (χ3v) is 4.66. The first kappa shape index (κ1) is 12.0. The van der Waals surface area contributed by atoms with E-state index in [1.807, 2.05) is 11.9 Å². The molecule has 0 aromatic carbocycles. The molecule has 0 saturated heterocycles. The highest BCUT2D eigenvalue weighted by atomic mass is 79.9. The van der Waals surface area contributed by atoms with Gasteiger partial charge in [0.25, 0.3) is 0 Å². The Balaban J connectivity index is 2.58. The van der Waals surface area contributed by atoms with Crippen LogP contribution < -0.4 is 0 Å². The number of halogens is 1. The Kier molecular flexibility index (Phi) is 3.62. The van der Waals surface area contributed by atoms with E-state index in [2.05, 4.69) is 36.7 Å². The molecule has 1 rings (SSSR count). The van der Waals surface area contributed by atoms with Gasteiger partial charge < -0.3 is 4.90 Å². The normalized spacial score (nSPS) is 19.2. The van der Waals surface area contributed by atoms with Gasteiger partial charge in [-0.3, -0.25) is 4.79 Å². The van der Waals surface area contributed by atoms with Crippen LogP contribution in [-0.4, -0.2) is 28.7 Å². The molecule has 14 heavy (non-hydrogen) atoms. The molecule has 1 aliphatic carbocycles. The third kappa shape index (κ3) is 2.50. The van der Waals surface area contributed by atoms with Gasteiger partial charge in [-0.05, 0) is 32.6 Å². The fourth-order valence-electron chi connectivity index (χ4n) is 1.49. The number of hydrogen-bond acceptors (Lipinski definition) is 1. The SMILES string of the molecule is CC(C(=O)N(C)C(C)(C)CBr)C1CC1. The lowest BCUT2D eigenvalue weighted by Crippen LogP contribution is -2.48. The van der Waals surface area contributed by atoms with Crippen molar-refractivity contribution in [2.75, 3.05) is 12.4 Å². The minimum atomic E-state index is -0.0831. The summed E-state index contributed by atoms with van der Waals surface area (Å²) in [7, 11) is 1.91. The second kappa shape index (κ2) is 4.21. The highest BCUT2D eigenvalue weighted by molar-refractivity contribution is 9.09. The van der Waals surface area contributed by atoms with Gasteiger partial charge in [0.1, 0.15) is 0 Å². The van der Waals surface area contributed by atoms with Crippen LogP contribution in [0.5, 0.6) is 0 Å². The number of carbonyl (C=O) groups is 1. The van der Waals surface area contributed by atoms with E-state index in [0.717, 1.165) is 5.33 Å². The smallest absolute Gasteiger partial charge is 0.225 e. The highest BCUT2D eigenvalue weighted by Crippen LogP contribution is 2.38. The molecule has 1 amide bonds. The molecule has 1 aliphatic rings. The molecule has 1 saturated carbocycles. The number of rotatable bonds is 4. The van der Waals surface area contributed by atoms with Gasteiger partial charge in [-0.15, -0.1) is 0 Å². The van der Waals surface area contributed by atoms with E-state index in [-0.39, 0.29) is 17.4 Å². The van der Waals surface area contributed by atoms with Gasteiger partial charge in [-0.1, -0.05) is 22.9 Å². The lowest BCUT2D eigenvalue weighted by molar-refractivity contribution is -0.138. The summed E-state index contributed by atoms with van der Waals surface area (Å²) in [5, 5.41) is 0.819. The van der Waals surface area contributed by atoms with E-state index in [1.54, 1.807) is 0 Å². The maximum atomic E-state index is 12.0. The zero-order chi connectivity index (χ0) is 10.9. The molecule has 0 radical (unpaired) electrons. The predicted molar refractivity (Wildman–Crippen MR) is 62.5 cm³/mol. The zero-order valence-corrected chi connectivity index (χ0v) is 11.1. The van der Waals surface area contributed by atoms with E-state index in [1.165, 1.54) is 12.8 Å². The van der Waals surface area contributed by atoms with Crippen LogP contribution >= 0.6 is 15.9 Å². The van der Waals surface area contributed by atoms with Crippen LogP contribution in [0.25, 0.3) is 0 Å². The van der Waals surface area contributed by atoms with Crippen molar-refractivity contribution >= 4 is 21.8 Å². The molecule has 0 aromatic rings. The Morgan fingerprint density at radius 1 is 1.57 bits per heavy atom. The van der Waals surface area contributed by atoms with Crippen molar-refractivity contribution in [1.82, 2.24) is 4.90 Å². The Labute approximate surface area is 95.2 Å². The van der Waals surface area contributed by atoms with Gasteiger partial charge in [0, 0.05) is 23.8 Å². The van der Waals surface area contributed by atoms with Crippen LogP contribution in [0.3, 0.4) is 0 Å². The van der Waals surface area contributed by atoms with Gasteiger partial charge in [0.15, 0.2) is 0 Å². The fourth-order valence-corrected chi connectivity index (χ4v) is 1.87. The zero-order valence-electron chi connectivity index (χ0n) is 9.51. The average Bonchev–Trinajstić information content (AvgIpc) is 2.97. The lowest BCUT2D eigenvalue weighted by Gasteiger charge is -2.36. The summed E-state index contributed by atoms with van der Waals surface area (Å²) >= 11 is 3.45. The van der Waals surface area contributed by atoms with E-state index in [4.69, 9.17) is 0 Å². The standard InChI is InChI=1S/C11H20BrNO/c1-8(9-5-6-9)10(14)13(4)11(2,3)7-12/h8-9H,5-7H2,1-4H3. The molecule has 0 aliphatic heterocycles. The van der Waals surface area contributed by atoms with Crippen molar-refractivity contribution in [1.29, 1.82) is 0 Å². The Morgan fingerprint density at radius 3 is 2.43 bits per heavy atom. The third-order valence-electron chi connectivity index (χ3n) is 3.28. The molecular formula is C11H20BrNO. The number of hydrogen-bond donors (Lipinski definition) is 0. The molecule has 0 spiro atoms. The minimum absolute atomic E-state index is 0.0831. The fraction of sp³-hybridized carbons (Fsp3) is 0.909. The highest BCUT2D eigenvalue weighted by Gasteiger charge is 2.37.